The molecule has 0 saturated heterocycles. The number of pyridine rings is 1. The molecule has 0 unspecified atom stereocenters. The summed E-state index contributed by atoms with van der Waals surface area (Å²) in [4.78, 5) is 13.8. The lowest BCUT2D eigenvalue weighted by atomic mass is 9.99. The summed E-state index contributed by atoms with van der Waals surface area (Å²) in [5.74, 6) is 0. The molecule has 1 aliphatic carbocycles. The van der Waals surface area contributed by atoms with Crippen molar-refractivity contribution in [3.8, 4) is 5.69 Å². The van der Waals surface area contributed by atoms with Gasteiger partial charge in [-0.1, -0.05) is 72.8 Å². The number of para-hydroxylation sites is 1. The van der Waals surface area contributed by atoms with Gasteiger partial charge >= 0.3 is 0 Å². The van der Waals surface area contributed by atoms with Crippen molar-refractivity contribution in [2.45, 2.75) is 12.8 Å². The molecular formula is C27H17NO. The molecule has 6 rings (SSSR count). The number of fused-ring (bicyclic) bond motifs is 6. The Morgan fingerprint density at radius 3 is 2.48 bits per heavy atom. The first kappa shape index (κ1) is 16.2. The molecule has 0 aliphatic heterocycles. The third kappa shape index (κ3) is 2.35. The second-order valence-corrected chi connectivity index (χ2v) is 7.50. The molecule has 4 aromatic carbocycles. The molecule has 0 radical (unpaired) electrons. The molecule has 0 bridgehead atoms. The smallest absolute Gasteiger partial charge is 0.264 e. The summed E-state index contributed by atoms with van der Waals surface area (Å²) in [6, 6.07) is 28.9. The van der Waals surface area contributed by atoms with Gasteiger partial charge in [-0.05, 0) is 52.4 Å². The first-order valence-corrected chi connectivity index (χ1v) is 9.91. The molecule has 0 amide bonds. The standard InChI is InChI=1S/C27H17NO/c29-27-26-22-10-4-3-8-19(22)14-16-24(26)23-11-5-6-12-25(23)28(27)21-15-13-18-7-1-2-9-20(18)17-21/h3-12,14,16-17H,1-2H2. The van der Waals surface area contributed by atoms with E-state index in [4.69, 9.17) is 0 Å². The molecule has 0 spiro atoms. The van der Waals surface area contributed by atoms with Gasteiger partial charge in [0.25, 0.3) is 5.56 Å². The summed E-state index contributed by atoms with van der Waals surface area (Å²) in [5, 5.41) is 7.06. The minimum Gasteiger partial charge on any atom is -0.268 e. The van der Waals surface area contributed by atoms with E-state index in [2.05, 4.69) is 54.6 Å². The van der Waals surface area contributed by atoms with Crippen molar-refractivity contribution in [1.29, 1.82) is 0 Å². The van der Waals surface area contributed by atoms with Crippen molar-refractivity contribution in [3.63, 3.8) is 0 Å². The van der Waals surface area contributed by atoms with Gasteiger partial charge in [-0.3, -0.25) is 9.36 Å². The van der Waals surface area contributed by atoms with E-state index in [0.29, 0.717) is 0 Å². The Balaban J connectivity index is 1.84. The van der Waals surface area contributed by atoms with Crippen LogP contribution in [0.4, 0.5) is 0 Å². The Labute approximate surface area is 167 Å². The Kier molecular flexibility index (Phi) is 3.39. The van der Waals surface area contributed by atoms with Crippen LogP contribution in [0.25, 0.3) is 50.3 Å². The van der Waals surface area contributed by atoms with Crippen LogP contribution in [-0.4, -0.2) is 4.57 Å². The third-order valence-electron chi connectivity index (χ3n) is 5.83. The molecule has 0 fully saturated rings. The average molecular weight is 371 g/mol. The van der Waals surface area contributed by atoms with Crippen molar-refractivity contribution >= 4 is 44.6 Å². The number of hydrogen-bond acceptors (Lipinski definition) is 1. The number of aromatic nitrogens is 1. The molecule has 2 heteroatoms. The first-order chi connectivity index (χ1) is 14.3. The molecule has 0 saturated carbocycles. The van der Waals surface area contributed by atoms with Crippen LogP contribution in [0, 0.1) is 12.1 Å². The molecule has 29 heavy (non-hydrogen) atoms. The summed E-state index contributed by atoms with van der Waals surface area (Å²) in [7, 11) is 0. The monoisotopic (exact) mass is 371 g/mol. The molecule has 1 aromatic heterocycles. The van der Waals surface area contributed by atoms with Crippen molar-refractivity contribution in [2.24, 2.45) is 0 Å². The normalized spacial score (nSPS) is 13.0. The summed E-state index contributed by atoms with van der Waals surface area (Å²) < 4.78 is 1.79. The van der Waals surface area contributed by atoms with Gasteiger partial charge in [0.1, 0.15) is 5.69 Å². The Morgan fingerprint density at radius 1 is 0.759 bits per heavy atom. The van der Waals surface area contributed by atoms with Crippen LogP contribution < -0.4 is 16.0 Å². The highest BCUT2D eigenvalue weighted by molar-refractivity contribution is 6.16. The van der Waals surface area contributed by atoms with Gasteiger partial charge < -0.3 is 0 Å². The van der Waals surface area contributed by atoms with Crippen molar-refractivity contribution in [1.82, 2.24) is 4.57 Å². The summed E-state index contributed by atoms with van der Waals surface area (Å²) in [5.41, 5.74) is 1.62. The van der Waals surface area contributed by atoms with Gasteiger partial charge in [0, 0.05) is 10.6 Å². The molecule has 5 aromatic rings. The zero-order valence-electron chi connectivity index (χ0n) is 15.8. The molecule has 0 N–H and O–H groups in total. The van der Waals surface area contributed by atoms with Crippen LogP contribution in [0.2, 0.25) is 0 Å². The lowest BCUT2D eigenvalue weighted by Gasteiger charge is -2.14. The highest BCUT2D eigenvalue weighted by Crippen LogP contribution is 2.29. The third-order valence-corrected chi connectivity index (χ3v) is 5.83. The second-order valence-electron chi connectivity index (χ2n) is 7.50. The average Bonchev–Trinajstić information content (AvgIpc) is 2.78. The minimum atomic E-state index is -0.0140. The molecule has 1 heterocycles. The maximum absolute atomic E-state index is 13.8. The maximum atomic E-state index is 13.8. The fourth-order valence-electron chi connectivity index (χ4n) is 4.47. The Hall–Kier alpha value is -3.83. The topological polar surface area (TPSA) is 22.0 Å². The molecule has 1 aliphatic rings. The van der Waals surface area contributed by atoms with Gasteiger partial charge in [-0.15, -0.1) is 0 Å². The van der Waals surface area contributed by atoms with E-state index in [1.54, 1.807) is 4.57 Å². The van der Waals surface area contributed by atoms with E-state index in [1.165, 1.54) is 0 Å². The Bertz CT molecular complexity index is 1620. The van der Waals surface area contributed by atoms with E-state index >= 15 is 0 Å². The van der Waals surface area contributed by atoms with Crippen LogP contribution in [0.15, 0.2) is 71.5 Å². The summed E-state index contributed by atoms with van der Waals surface area (Å²) >= 11 is 0. The van der Waals surface area contributed by atoms with Gasteiger partial charge in [-0.2, -0.15) is 0 Å². The van der Waals surface area contributed by atoms with Gasteiger partial charge in [-0.25, -0.2) is 0 Å². The SMILES string of the molecule is O=c1c2c3ccccc3ccc2c2ccccc2n1-c1c#cc2c(c1)=CCCC=2. The van der Waals surface area contributed by atoms with Crippen molar-refractivity contribution in [2.75, 3.05) is 0 Å². The van der Waals surface area contributed by atoms with Gasteiger partial charge in [0.05, 0.1) is 10.9 Å². The van der Waals surface area contributed by atoms with Crippen LogP contribution in [0.1, 0.15) is 12.8 Å². The predicted molar refractivity (Wildman–Crippen MR) is 120 cm³/mol. The zero-order valence-corrected chi connectivity index (χ0v) is 15.8. The fourth-order valence-corrected chi connectivity index (χ4v) is 4.47. The summed E-state index contributed by atoms with van der Waals surface area (Å²) in [6.45, 7) is 0. The quantitative estimate of drug-likeness (QED) is 0.404. The zero-order chi connectivity index (χ0) is 19.4. The molecule has 2 nitrogen and oxygen atoms in total. The van der Waals surface area contributed by atoms with E-state index < -0.39 is 0 Å². The molecular weight excluding hydrogens is 354 g/mol. The minimum absolute atomic E-state index is 0.0140. The second kappa shape index (κ2) is 6.09. The maximum Gasteiger partial charge on any atom is 0.264 e. The van der Waals surface area contributed by atoms with E-state index in [1.807, 2.05) is 36.4 Å². The van der Waals surface area contributed by atoms with Gasteiger partial charge in [0.2, 0.25) is 0 Å². The lowest BCUT2D eigenvalue weighted by Crippen LogP contribution is -2.28. The van der Waals surface area contributed by atoms with Crippen molar-refractivity contribution in [3.05, 3.63) is 99.7 Å². The number of hydrogen-bond donors (Lipinski definition) is 0. The van der Waals surface area contributed by atoms with Crippen LogP contribution in [0.3, 0.4) is 0 Å². The highest BCUT2D eigenvalue weighted by Gasteiger charge is 2.14. The molecule has 136 valence electrons. The fraction of sp³-hybridized carbons (Fsp3) is 0.0741. The predicted octanol–water partition coefficient (Wildman–Crippen LogP) is 4.25. The number of rotatable bonds is 1. The van der Waals surface area contributed by atoms with Crippen LogP contribution in [0.5, 0.6) is 0 Å². The van der Waals surface area contributed by atoms with E-state index in [0.717, 1.165) is 61.4 Å². The van der Waals surface area contributed by atoms with Crippen LogP contribution >= 0.6 is 0 Å². The van der Waals surface area contributed by atoms with Crippen molar-refractivity contribution < 1.29 is 0 Å². The van der Waals surface area contributed by atoms with E-state index in [-0.39, 0.29) is 5.56 Å². The first-order valence-electron chi connectivity index (χ1n) is 9.91. The largest absolute Gasteiger partial charge is 0.268 e. The number of nitrogens with zero attached hydrogens (tertiary/aromatic N) is 1. The number of benzene rings is 3. The highest BCUT2D eigenvalue weighted by atomic mass is 16.1. The Morgan fingerprint density at radius 2 is 1.55 bits per heavy atom. The molecule has 0 atom stereocenters. The lowest BCUT2D eigenvalue weighted by molar-refractivity contribution is 1.05. The van der Waals surface area contributed by atoms with Gasteiger partial charge in [0.15, 0.2) is 0 Å². The van der Waals surface area contributed by atoms with E-state index in [9.17, 15) is 4.79 Å². The summed E-state index contributed by atoms with van der Waals surface area (Å²) in [6.07, 6.45) is 6.45. The van der Waals surface area contributed by atoms with Crippen LogP contribution in [-0.2, 0) is 0 Å².